The van der Waals surface area contributed by atoms with Gasteiger partial charge < -0.3 is 10.4 Å². The number of benzene rings is 1. The first-order chi connectivity index (χ1) is 9.79. The van der Waals surface area contributed by atoms with Crippen LogP contribution in [0.15, 0.2) is 24.3 Å². The molecule has 1 aliphatic carbocycles. The highest BCUT2D eigenvalue weighted by Gasteiger charge is 2.22. The quantitative estimate of drug-likeness (QED) is 0.760. The number of hydrogen-bond acceptors (Lipinski definition) is 2. The number of phenolic OH excluding ortho intramolecular Hbond substituents is 1. The zero-order valence-electron chi connectivity index (χ0n) is 12.8. The van der Waals surface area contributed by atoms with Crippen LogP contribution in [0.1, 0.15) is 57.4 Å². The lowest BCUT2D eigenvalue weighted by Crippen LogP contribution is -2.38. The Labute approximate surface area is 123 Å². The molecule has 1 aromatic carbocycles. The van der Waals surface area contributed by atoms with Gasteiger partial charge in [-0.1, -0.05) is 44.7 Å². The highest BCUT2D eigenvalue weighted by atomic mass is 16.3. The zero-order valence-corrected chi connectivity index (χ0v) is 12.8. The van der Waals surface area contributed by atoms with Crippen molar-refractivity contribution in [2.45, 2.75) is 64.3 Å². The van der Waals surface area contributed by atoms with Crippen molar-refractivity contribution in [2.75, 3.05) is 6.54 Å². The molecule has 0 bridgehead atoms. The Kier molecular flexibility index (Phi) is 6.38. The molecule has 1 unspecified atom stereocenters. The van der Waals surface area contributed by atoms with Crippen molar-refractivity contribution in [1.82, 2.24) is 5.32 Å². The summed E-state index contributed by atoms with van der Waals surface area (Å²) in [7, 11) is 0. The molecule has 1 fully saturated rings. The highest BCUT2D eigenvalue weighted by Crippen LogP contribution is 2.27. The van der Waals surface area contributed by atoms with Crippen LogP contribution in [0.5, 0.6) is 5.75 Å². The predicted molar refractivity (Wildman–Crippen MR) is 85.1 cm³/mol. The van der Waals surface area contributed by atoms with Crippen LogP contribution in [-0.4, -0.2) is 17.7 Å². The molecular weight excluding hydrogens is 246 g/mol. The number of nitrogens with one attached hydrogen (secondary N) is 1. The molecule has 0 saturated heterocycles. The van der Waals surface area contributed by atoms with Crippen molar-refractivity contribution in [1.29, 1.82) is 0 Å². The van der Waals surface area contributed by atoms with Gasteiger partial charge in [0.25, 0.3) is 0 Å². The van der Waals surface area contributed by atoms with Gasteiger partial charge in [0.05, 0.1) is 0 Å². The molecule has 0 radical (unpaired) electrons. The Morgan fingerprint density at radius 3 is 2.35 bits per heavy atom. The van der Waals surface area contributed by atoms with Crippen LogP contribution in [0.25, 0.3) is 0 Å². The molecule has 0 spiro atoms. The van der Waals surface area contributed by atoms with Gasteiger partial charge in [0.1, 0.15) is 5.75 Å². The van der Waals surface area contributed by atoms with Crippen molar-refractivity contribution >= 4 is 0 Å². The molecule has 0 heterocycles. The summed E-state index contributed by atoms with van der Waals surface area (Å²) < 4.78 is 0. The van der Waals surface area contributed by atoms with Gasteiger partial charge in [0, 0.05) is 6.04 Å². The van der Waals surface area contributed by atoms with E-state index in [1.165, 1.54) is 50.5 Å². The number of rotatable bonds is 6. The van der Waals surface area contributed by atoms with Gasteiger partial charge in [-0.3, -0.25) is 0 Å². The molecule has 0 amide bonds. The second kappa shape index (κ2) is 8.31. The SMILES string of the molecule is CCCNC(Cc1ccc(O)cc1)C1CCCCCC1. The molecule has 2 heteroatoms. The Morgan fingerprint density at radius 1 is 1.10 bits per heavy atom. The van der Waals surface area contributed by atoms with E-state index in [1.807, 2.05) is 0 Å². The fourth-order valence-electron chi connectivity index (χ4n) is 3.33. The zero-order chi connectivity index (χ0) is 14.2. The maximum Gasteiger partial charge on any atom is 0.115 e. The fourth-order valence-corrected chi connectivity index (χ4v) is 3.33. The molecule has 112 valence electrons. The third-order valence-corrected chi connectivity index (χ3v) is 4.52. The van der Waals surface area contributed by atoms with Crippen LogP contribution in [0.2, 0.25) is 0 Å². The monoisotopic (exact) mass is 275 g/mol. The molecular formula is C18H29NO. The van der Waals surface area contributed by atoms with E-state index < -0.39 is 0 Å². The molecule has 1 saturated carbocycles. The summed E-state index contributed by atoms with van der Waals surface area (Å²) in [5, 5.41) is 13.2. The number of aromatic hydroxyl groups is 1. The Morgan fingerprint density at radius 2 is 1.75 bits per heavy atom. The van der Waals surface area contributed by atoms with Crippen LogP contribution in [0.3, 0.4) is 0 Å². The summed E-state index contributed by atoms with van der Waals surface area (Å²) in [6.07, 6.45) is 10.6. The van der Waals surface area contributed by atoms with Gasteiger partial charge in [0.15, 0.2) is 0 Å². The first-order valence-electron chi connectivity index (χ1n) is 8.31. The van der Waals surface area contributed by atoms with Crippen molar-refractivity contribution < 1.29 is 5.11 Å². The highest BCUT2D eigenvalue weighted by molar-refractivity contribution is 5.26. The third-order valence-electron chi connectivity index (χ3n) is 4.52. The first-order valence-corrected chi connectivity index (χ1v) is 8.31. The maximum atomic E-state index is 9.40. The summed E-state index contributed by atoms with van der Waals surface area (Å²) >= 11 is 0. The van der Waals surface area contributed by atoms with Gasteiger partial charge in [-0.15, -0.1) is 0 Å². The van der Waals surface area contributed by atoms with Crippen molar-refractivity contribution in [3.8, 4) is 5.75 Å². The van der Waals surface area contributed by atoms with Crippen LogP contribution >= 0.6 is 0 Å². The molecule has 2 nitrogen and oxygen atoms in total. The minimum atomic E-state index is 0.362. The Balaban J connectivity index is 1.99. The van der Waals surface area contributed by atoms with E-state index in [2.05, 4.69) is 24.4 Å². The normalized spacial score (nSPS) is 18.6. The summed E-state index contributed by atoms with van der Waals surface area (Å²) in [4.78, 5) is 0. The lowest BCUT2D eigenvalue weighted by Gasteiger charge is -2.27. The lowest BCUT2D eigenvalue weighted by molar-refractivity contribution is 0.317. The number of hydrogen-bond donors (Lipinski definition) is 2. The molecule has 2 rings (SSSR count). The van der Waals surface area contributed by atoms with Crippen LogP contribution in [0, 0.1) is 5.92 Å². The largest absolute Gasteiger partial charge is 0.508 e. The van der Waals surface area contributed by atoms with Crippen molar-refractivity contribution in [2.24, 2.45) is 5.92 Å². The maximum absolute atomic E-state index is 9.40. The van der Waals surface area contributed by atoms with Crippen LogP contribution < -0.4 is 5.32 Å². The number of phenols is 1. The molecule has 20 heavy (non-hydrogen) atoms. The summed E-state index contributed by atoms with van der Waals surface area (Å²) in [5.41, 5.74) is 1.33. The van der Waals surface area contributed by atoms with E-state index >= 15 is 0 Å². The van der Waals surface area contributed by atoms with Crippen molar-refractivity contribution in [3.63, 3.8) is 0 Å². The smallest absolute Gasteiger partial charge is 0.115 e. The summed E-state index contributed by atoms with van der Waals surface area (Å²) in [5.74, 6) is 1.18. The van der Waals surface area contributed by atoms with Gasteiger partial charge in [-0.2, -0.15) is 0 Å². The van der Waals surface area contributed by atoms with E-state index in [0.29, 0.717) is 11.8 Å². The minimum Gasteiger partial charge on any atom is -0.508 e. The first kappa shape index (κ1) is 15.4. The van der Waals surface area contributed by atoms with Gasteiger partial charge in [0.2, 0.25) is 0 Å². The van der Waals surface area contributed by atoms with Gasteiger partial charge in [-0.05, 0) is 55.8 Å². The standard InChI is InChI=1S/C18H29NO/c1-2-13-19-18(16-7-5-3-4-6-8-16)14-15-9-11-17(20)12-10-15/h9-12,16,18-20H,2-8,13-14H2,1H3. The average molecular weight is 275 g/mol. The van der Waals surface area contributed by atoms with E-state index in [0.717, 1.165) is 18.9 Å². The molecule has 0 aromatic heterocycles. The topological polar surface area (TPSA) is 32.3 Å². The molecule has 2 N–H and O–H groups in total. The predicted octanol–water partition coefficient (Wildman–Crippen LogP) is 4.27. The average Bonchev–Trinajstić information content (AvgIpc) is 2.74. The summed E-state index contributed by atoms with van der Waals surface area (Å²) in [6, 6.07) is 8.33. The Hall–Kier alpha value is -1.02. The van der Waals surface area contributed by atoms with E-state index in [9.17, 15) is 5.11 Å². The second-order valence-electron chi connectivity index (χ2n) is 6.18. The lowest BCUT2D eigenvalue weighted by atomic mass is 9.87. The van der Waals surface area contributed by atoms with Crippen LogP contribution in [-0.2, 0) is 6.42 Å². The molecule has 0 aliphatic heterocycles. The molecule has 1 aliphatic rings. The second-order valence-corrected chi connectivity index (χ2v) is 6.18. The Bertz CT molecular complexity index is 366. The van der Waals surface area contributed by atoms with E-state index in [4.69, 9.17) is 0 Å². The molecule has 1 aromatic rings. The van der Waals surface area contributed by atoms with Crippen LogP contribution in [0.4, 0.5) is 0 Å². The summed E-state index contributed by atoms with van der Waals surface area (Å²) in [6.45, 7) is 3.34. The minimum absolute atomic E-state index is 0.362. The van der Waals surface area contributed by atoms with Crippen molar-refractivity contribution in [3.05, 3.63) is 29.8 Å². The van der Waals surface area contributed by atoms with E-state index in [-0.39, 0.29) is 0 Å². The molecule has 1 atom stereocenters. The van der Waals surface area contributed by atoms with Gasteiger partial charge in [-0.25, -0.2) is 0 Å². The van der Waals surface area contributed by atoms with Gasteiger partial charge >= 0.3 is 0 Å². The fraction of sp³-hybridized carbons (Fsp3) is 0.667. The third kappa shape index (κ3) is 4.82. The van der Waals surface area contributed by atoms with E-state index in [1.54, 1.807) is 12.1 Å².